The molecule has 1 N–H and O–H groups in total. The van der Waals surface area contributed by atoms with Crippen molar-refractivity contribution in [1.82, 2.24) is 5.32 Å². The molecule has 3 heteroatoms. The molecule has 0 saturated heterocycles. The molecule has 0 amide bonds. The summed E-state index contributed by atoms with van der Waals surface area (Å²) in [5.74, 6) is 2.43. The molecule has 118 valence electrons. The molecule has 1 aromatic carbocycles. The van der Waals surface area contributed by atoms with E-state index < -0.39 is 0 Å². The first-order valence-electron chi connectivity index (χ1n) is 7.90. The van der Waals surface area contributed by atoms with Crippen molar-refractivity contribution in [2.45, 2.75) is 45.6 Å². The van der Waals surface area contributed by atoms with Gasteiger partial charge >= 0.3 is 0 Å². The lowest BCUT2D eigenvalue weighted by molar-refractivity contribution is 0.163. The van der Waals surface area contributed by atoms with Crippen LogP contribution in [0.15, 0.2) is 18.2 Å². The molecule has 1 atom stereocenters. The maximum absolute atomic E-state index is 5.58. The molecule has 0 aromatic heterocycles. The van der Waals surface area contributed by atoms with Crippen molar-refractivity contribution < 1.29 is 9.47 Å². The average Bonchev–Trinajstić information content (AvgIpc) is 2.49. The van der Waals surface area contributed by atoms with Crippen LogP contribution in [-0.4, -0.2) is 21.3 Å². The zero-order chi connectivity index (χ0) is 15.5. The van der Waals surface area contributed by atoms with E-state index in [4.69, 9.17) is 9.47 Å². The van der Waals surface area contributed by atoms with Crippen molar-refractivity contribution in [2.75, 3.05) is 21.3 Å². The SMILES string of the molecule is CNC(c1ccc(OC)cc1OC)C1CCC(C)(C)CC1. The van der Waals surface area contributed by atoms with Gasteiger partial charge < -0.3 is 14.8 Å². The lowest BCUT2D eigenvalue weighted by Crippen LogP contribution is -2.31. The summed E-state index contributed by atoms with van der Waals surface area (Å²) in [6, 6.07) is 6.49. The smallest absolute Gasteiger partial charge is 0.127 e. The van der Waals surface area contributed by atoms with Crippen molar-refractivity contribution in [2.24, 2.45) is 11.3 Å². The van der Waals surface area contributed by atoms with Crippen molar-refractivity contribution in [1.29, 1.82) is 0 Å². The number of rotatable bonds is 5. The highest BCUT2D eigenvalue weighted by molar-refractivity contribution is 5.42. The molecule has 0 bridgehead atoms. The Morgan fingerprint density at radius 1 is 1.14 bits per heavy atom. The quantitative estimate of drug-likeness (QED) is 0.882. The third-order valence-corrected chi connectivity index (χ3v) is 4.94. The van der Waals surface area contributed by atoms with Crippen LogP contribution < -0.4 is 14.8 Å². The minimum Gasteiger partial charge on any atom is -0.497 e. The van der Waals surface area contributed by atoms with Crippen LogP contribution in [0.5, 0.6) is 11.5 Å². The minimum absolute atomic E-state index is 0.349. The van der Waals surface area contributed by atoms with Gasteiger partial charge in [0.1, 0.15) is 11.5 Å². The number of hydrogen-bond donors (Lipinski definition) is 1. The third-order valence-electron chi connectivity index (χ3n) is 4.94. The number of methoxy groups -OCH3 is 2. The summed E-state index contributed by atoms with van der Waals surface area (Å²) in [6.45, 7) is 4.76. The minimum atomic E-state index is 0.349. The fraction of sp³-hybridized carbons (Fsp3) is 0.667. The van der Waals surface area contributed by atoms with Gasteiger partial charge in [-0.25, -0.2) is 0 Å². The predicted molar refractivity (Wildman–Crippen MR) is 87.1 cm³/mol. The zero-order valence-electron chi connectivity index (χ0n) is 14.0. The summed E-state index contributed by atoms with van der Waals surface area (Å²) < 4.78 is 10.9. The zero-order valence-corrected chi connectivity index (χ0v) is 14.0. The van der Waals surface area contributed by atoms with Crippen LogP contribution in [0.25, 0.3) is 0 Å². The van der Waals surface area contributed by atoms with E-state index in [9.17, 15) is 0 Å². The Kier molecular flexibility index (Phi) is 5.15. The van der Waals surface area contributed by atoms with Crippen molar-refractivity contribution in [3.05, 3.63) is 23.8 Å². The van der Waals surface area contributed by atoms with E-state index in [1.54, 1.807) is 14.2 Å². The molecule has 1 aromatic rings. The molecule has 1 saturated carbocycles. The van der Waals surface area contributed by atoms with Crippen LogP contribution in [0.2, 0.25) is 0 Å². The predicted octanol–water partition coefficient (Wildman–Crippen LogP) is 4.18. The van der Waals surface area contributed by atoms with Gasteiger partial charge in [0.2, 0.25) is 0 Å². The number of nitrogens with one attached hydrogen (secondary N) is 1. The molecule has 0 radical (unpaired) electrons. The molecule has 0 spiro atoms. The molecule has 1 aliphatic carbocycles. The van der Waals surface area contributed by atoms with Crippen molar-refractivity contribution in [3.8, 4) is 11.5 Å². The van der Waals surface area contributed by atoms with Crippen LogP contribution >= 0.6 is 0 Å². The van der Waals surface area contributed by atoms with E-state index in [0.29, 0.717) is 17.4 Å². The Morgan fingerprint density at radius 3 is 2.33 bits per heavy atom. The second-order valence-electron chi connectivity index (χ2n) is 6.88. The lowest BCUT2D eigenvalue weighted by Gasteiger charge is -2.38. The second-order valence-corrected chi connectivity index (χ2v) is 6.88. The normalized spacial score (nSPS) is 20.0. The summed E-state index contributed by atoms with van der Waals surface area (Å²) >= 11 is 0. The fourth-order valence-corrected chi connectivity index (χ4v) is 3.48. The van der Waals surface area contributed by atoms with Crippen LogP contribution in [0.4, 0.5) is 0 Å². The molecule has 3 nitrogen and oxygen atoms in total. The van der Waals surface area contributed by atoms with E-state index in [1.165, 1.54) is 31.2 Å². The summed E-state index contributed by atoms with van der Waals surface area (Å²) in [5, 5.41) is 3.51. The lowest BCUT2D eigenvalue weighted by atomic mass is 9.70. The molecule has 1 fully saturated rings. The summed E-state index contributed by atoms with van der Waals surface area (Å²) in [7, 11) is 5.47. The standard InChI is InChI=1S/C18H29NO2/c1-18(2)10-8-13(9-11-18)17(19-3)15-7-6-14(20-4)12-16(15)21-5/h6-7,12-13,17,19H,8-11H2,1-5H3. The van der Waals surface area contributed by atoms with Crippen molar-refractivity contribution >= 4 is 0 Å². The van der Waals surface area contributed by atoms with E-state index in [-0.39, 0.29) is 0 Å². The van der Waals surface area contributed by atoms with E-state index in [2.05, 4.69) is 25.2 Å². The third kappa shape index (κ3) is 3.70. The maximum Gasteiger partial charge on any atom is 0.127 e. The maximum atomic E-state index is 5.58. The number of ether oxygens (including phenoxy) is 2. The van der Waals surface area contributed by atoms with Gasteiger partial charge in [0.15, 0.2) is 0 Å². The Morgan fingerprint density at radius 2 is 1.81 bits per heavy atom. The first kappa shape index (κ1) is 16.2. The van der Waals surface area contributed by atoms with Gasteiger partial charge in [0, 0.05) is 17.7 Å². The molecule has 21 heavy (non-hydrogen) atoms. The topological polar surface area (TPSA) is 30.5 Å². The van der Waals surface area contributed by atoms with Gasteiger partial charge in [0.05, 0.1) is 14.2 Å². The van der Waals surface area contributed by atoms with Gasteiger partial charge in [-0.2, -0.15) is 0 Å². The van der Waals surface area contributed by atoms with Crippen molar-refractivity contribution in [3.63, 3.8) is 0 Å². The molecule has 0 aliphatic heterocycles. The van der Waals surface area contributed by atoms with Crippen LogP contribution in [-0.2, 0) is 0 Å². The van der Waals surface area contributed by atoms with Crippen LogP contribution in [0, 0.1) is 11.3 Å². The highest BCUT2D eigenvalue weighted by Crippen LogP contribution is 2.44. The summed E-state index contributed by atoms with van der Waals surface area (Å²) in [6.07, 6.45) is 5.14. The Bertz CT molecular complexity index is 460. The molecular weight excluding hydrogens is 262 g/mol. The summed E-state index contributed by atoms with van der Waals surface area (Å²) in [4.78, 5) is 0. The highest BCUT2D eigenvalue weighted by Gasteiger charge is 2.32. The number of hydrogen-bond acceptors (Lipinski definition) is 3. The Balaban J connectivity index is 2.21. The number of benzene rings is 1. The summed E-state index contributed by atoms with van der Waals surface area (Å²) in [5.41, 5.74) is 1.74. The van der Waals surface area contributed by atoms with E-state index >= 15 is 0 Å². The first-order chi connectivity index (χ1) is 10.0. The molecule has 1 unspecified atom stereocenters. The van der Waals surface area contributed by atoms with Crippen LogP contribution in [0.3, 0.4) is 0 Å². The molecule has 0 heterocycles. The largest absolute Gasteiger partial charge is 0.497 e. The highest BCUT2D eigenvalue weighted by atomic mass is 16.5. The Labute approximate surface area is 129 Å². The fourth-order valence-electron chi connectivity index (χ4n) is 3.48. The van der Waals surface area contributed by atoms with E-state index in [1.807, 2.05) is 19.2 Å². The van der Waals surface area contributed by atoms with Gasteiger partial charge in [-0.1, -0.05) is 19.9 Å². The van der Waals surface area contributed by atoms with Gasteiger partial charge in [-0.15, -0.1) is 0 Å². The molecule has 1 aliphatic rings. The second kappa shape index (κ2) is 6.69. The molecule has 2 rings (SSSR count). The van der Waals surface area contributed by atoms with Crippen LogP contribution in [0.1, 0.15) is 51.1 Å². The Hall–Kier alpha value is -1.22. The van der Waals surface area contributed by atoms with Gasteiger partial charge in [-0.05, 0) is 50.1 Å². The van der Waals surface area contributed by atoms with Gasteiger partial charge in [0.25, 0.3) is 0 Å². The average molecular weight is 291 g/mol. The monoisotopic (exact) mass is 291 g/mol. The first-order valence-corrected chi connectivity index (χ1v) is 7.90. The van der Waals surface area contributed by atoms with Gasteiger partial charge in [-0.3, -0.25) is 0 Å². The van der Waals surface area contributed by atoms with E-state index in [0.717, 1.165) is 11.5 Å². The molecular formula is C18H29NO2.